The van der Waals surface area contributed by atoms with Crippen LogP contribution in [0.4, 0.5) is 0 Å². The first-order valence-electron chi connectivity index (χ1n) is 5.62. The molecule has 0 spiro atoms. The third-order valence-electron chi connectivity index (χ3n) is 2.98. The molecule has 0 aromatic carbocycles. The number of hydrogen-bond donors (Lipinski definition) is 2. The number of rotatable bonds is 4. The second kappa shape index (κ2) is 4.87. The van der Waals surface area contributed by atoms with Crippen LogP contribution >= 0.6 is 11.3 Å². The van der Waals surface area contributed by atoms with E-state index in [2.05, 4.69) is 5.32 Å². The van der Waals surface area contributed by atoms with Crippen LogP contribution in [-0.2, 0) is 16.0 Å². The van der Waals surface area contributed by atoms with Gasteiger partial charge in [-0.25, -0.2) is 0 Å². The summed E-state index contributed by atoms with van der Waals surface area (Å²) in [5.74, 6) is -1.05. The van der Waals surface area contributed by atoms with E-state index in [1.807, 2.05) is 19.1 Å². The summed E-state index contributed by atoms with van der Waals surface area (Å²) >= 11 is 1.62. The van der Waals surface area contributed by atoms with E-state index in [9.17, 15) is 9.59 Å². The number of hydrogen-bond acceptors (Lipinski definition) is 3. The lowest BCUT2D eigenvalue weighted by atomic mass is 9.80. The largest absolute Gasteiger partial charge is 0.481 e. The molecule has 2 N–H and O–H groups in total. The molecule has 1 saturated carbocycles. The second-order valence-electron chi connectivity index (χ2n) is 4.46. The van der Waals surface area contributed by atoms with Gasteiger partial charge in [-0.05, 0) is 31.9 Å². The fraction of sp³-hybridized carbons (Fsp3) is 0.500. The first-order valence-corrected chi connectivity index (χ1v) is 6.43. The Bertz CT molecular complexity index is 435. The number of aryl methyl sites for hydroxylation is 1. The van der Waals surface area contributed by atoms with Gasteiger partial charge in [0.05, 0.1) is 12.3 Å². The lowest BCUT2D eigenvalue weighted by Crippen LogP contribution is -2.47. The molecule has 0 unspecified atom stereocenters. The first-order chi connectivity index (χ1) is 8.04. The Balaban J connectivity index is 1.74. The van der Waals surface area contributed by atoms with E-state index in [1.54, 1.807) is 11.3 Å². The maximum absolute atomic E-state index is 11.6. The number of carboxylic acids is 1. The molecule has 1 aliphatic rings. The Kier molecular flexibility index (Phi) is 3.47. The maximum atomic E-state index is 11.6. The van der Waals surface area contributed by atoms with Gasteiger partial charge in [0.15, 0.2) is 0 Å². The molecule has 0 bridgehead atoms. The zero-order valence-electron chi connectivity index (χ0n) is 9.60. The molecule has 4 nitrogen and oxygen atoms in total. The van der Waals surface area contributed by atoms with Crippen LogP contribution in [0.25, 0.3) is 0 Å². The van der Waals surface area contributed by atoms with Crippen LogP contribution in [-0.4, -0.2) is 23.0 Å². The lowest BCUT2D eigenvalue weighted by molar-refractivity contribution is -0.146. The summed E-state index contributed by atoms with van der Waals surface area (Å²) in [6, 6.07) is 4.00. The summed E-state index contributed by atoms with van der Waals surface area (Å²) in [5, 5.41) is 11.6. The average Bonchev–Trinajstić information content (AvgIpc) is 2.56. The highest BCUT2D eigenvalue weighted by Gasteiger charge is 2.35. The summed E-state index contributed by atoms with van der Waals surface area (Å²) in [6.45, 7) is 2.01. The number of thiophene rings is 1. The van der Waals surface area contributed by atoms with E-state index in [0.717, 1.165) is 4.88 Å². The average molecular weight is 253 g/mol. The molecule has 0 saturated heterocycles. The maximum Gasteiger partial charge on any atom is 0.306 e. The van der Waals surface area contributed by atoms with Crippen LogP contribution < -0.4 is 5.32 Å². The first kappa shape index (κ1) is 12.1. The van der Waals surface area contributed by atoms with Gasteiger partial charge >= 0.3 is 5.97 Å². The van der Waals surface area contributed by atoms with Crippen molar-refractivity contribution < 1.29 is 14.7 Å². The van der Waals surface area contributed by atoms with Crippen molar-refractivity contribution in [1.29, 1.82) is 0 Å². The second-order valence-corrected chi connectivity index (χ2v) is 5.83. The van der Waals surface area contributed by atoms with Crippen molar-refractivity contribution in [3.63, 3.8) is 0 Å². The molecule has 1 aromatic rings. The van der Waals surface area contributed by atoms with Crippen LogP contribution in [0, 0.1) is 12.8 Å². The van der Waals surface area contributed by atoms with Crippen molar-refractivity contribution >= 4 is 23.2 Å². The SMILES string of the molecule is Cc1ccc(CC(=O)NC2CC(C(=O)O)C2)s1. The Labute approximate surface area is 104 Å². The van der Waals surface area contributed by atoms with Crippen molar-refractivity contribution in [3.05, 3.63) is 21.9 Å². The molecule has 92 valence electrons. The number of amides is 1. The van der Waals surface area contributed by atoms with Crippen molar-refractivity contribution in [2.24, 2.45) is 5.92 Å². The molecule has 17 heavy (non-hydrogen) atoms. The highest BCUT2D eigenvalue weighted by Crippen LogP contribution is 2.27. The highest BCUT2D eigenvalue weighted by atomic mass is 32.1. The normalized spacial score (nSPS) is 22.9. The molecule has 2 rings (SSSR count). The van der Waals surface area contributed by atoms with Gasteiger partial charge in [0.25, 0.3) is 0 Å². The standard InChI is InChI=1S/C12H15NO3S/c1-7-2-3-10(17-7)6-11(14)13-9-4-8(5-9)12(15)16/h2-3,8-9H,4-6H2,1H3,(H,13,14)(H,15,16). The van der Waals surface area contributed by atoms with Crippen LogP contribution in [0.3, 0.4) is 0 Å². The molecule has 1 aliphatic carbocycles. The third kappa shape index (κ3) is 3.06. The molecule has 1 fully saturated rings. The molecule has 0 aliphatic heterocycles. The number of nitrogens with one attached hydrogen (secondary N) is 1. The van der Waals surface area contributed by atoms with E-state index >= 15 is 0 Å². The smallest absolute Gasteiger partial charge is 0.306 e. The fourth-order valence-corrected chi connectivity index (χ4v) is 2.84. The van der Waals surface area contributed by atoms with Crippen LogP contribution in [0.5, 0.6) is 0 Å². The van der Waals surface area contributed by atoms with Gasteiger partial charge in [0, 0.05) is 15.8 Å². The summed E-state index contributed by atoms with van der Waals surface area (Å²) in [6.07, 6.45) is 1.52. The van der Waals surface area contributed by atoms with Crippen LogP contribution in [0.1, 0.15) is 22.6 Å². The Morgan fingerprint density at radius 2 is 2.18 bits per heavy atom. The molecular weight excluding hydrogens is 238 g/mol. The molecule has 1 heterocycles. The Hall–Kier alpha value is -1.36. The summed E-state index contributed by atoms with van der Waals surface area (Å²) in [5.41, 5.74) is 0. The zero-order chi connectivity index (χ0) is 12.4. The molecule has 0 atom stereocenters. The van der Waals surface area contributed by atoms with Crippen molar-refractivity contribution in [2.45, 2.75) is 32.2 Å². The summed E-state index contributed by atoms with van der Waals surface area (Å²) in [4.78, 5) is 24.5. The molecule has 5 heteroatoms. The van der Waals surface area contributed by atoms with E-state index in [-0.39, 0.29) is 17.9 Å². The van der Waals surface area contributed by atoms with E-state index in [1.165, 1.54) is 4.88 Å². The van der Waals surface area contributed by atoms with Gasteiger partial charge in [-0.15, -0.1) is 11.3 Å². The minimum Gasteiger partial charge on any atom is -0.481 e. The Morgan fingerprint density at radius 3 is 2.71 bits per heavy atom. The van der Waals surface area contributed by atoms with E-state index in [4.69, 9.17) is 5.11 Å². The van der Waals surface area contributed by atoms with Gasteiger partial charge in [-0.1, -0.05) is 0 Å². The predicted molar refractivity (Wildman–Crippen MR) is 65.1 cm³/mol. The molecule has 1 aromatic heterocycles. The van der Waals surface area contributed by atoms with Crippen LogP contribution in [0.15, 0.2) is 12.1 Å². The van der Waals surface area contributed by atoms with Crippen molar-refractivity contribution in [3.8, 4) is 0 Å². The van der Waals surface area contributed by atoms with E-state index < -0.39 is 5.97 Å². The number of aliphatic carboxylic acids is 1. The van der Waals surface area contributed by atoms with Crippen molar-refractivity contribution in [1.82, 2.24) is 5.32 Å². The fourth-order valence-electron chi connectivity index (χ4n) is 1.95. The van der Waals surface area contributed by atoms with Crippen molar-refractivity contribution in [2.75, 3.05) is 0 Å². The number of carbonyl (C=O) groups is 2. The zero-order valence-corrected chi connectivity index (χ0v) is 10.4. The Morgan fingerprint density at radius 1 is 1.47 bits per heavy atom. The van der Waals surface area contributed by atoms with Gasteiger partial charge in [-0.2, -0.15) is 0 Å². The quantitative estimate of drug-likeness (QED) is 0.856. The highest BCUT2D eigenvalue weighted by molar-refractivity contribution is 7.12. The van der Waals surface area contributed by atoms with E-state index in [0.29, 0.717) is 19.3 Å². The topological polar surface area (TPSA) is 66.4 Å². The van der Waals surface area contributed by atoms with Gasteiger partial charge in [0.2, 0.25) is 5.91 Å². The van der Waals surface area contributed by atoms with Gasteiger partial charge in [0.1, 0.15) is 0 Å². The molecule has 0 radical (unpaired) electrons. The minimum atomic E-state index is -0.760. The number of carboxylic acid groups (broad SMARTS) is 1. The van der Waals surface area contributed by atoms with Crippen LogP contribution in [0.2, 0.25) is 0 Å². The van der Waals surface area contributed by atoms with Gasteiger partial charge in [-0.3, -0.25) is 9.59 Å². The summed E-state index contributed by atoms with van der Waals surface area (Å²) in [7, 11) is 0. The minimum absolute atomic E-state index is 0.0133. The number of carbonyl (C=O) groups excluding carboxylic acids is 1. The monoisotopic (exact) mass is 253 g/mol. The molecule has 1 amide bonds. The molecular formula is C12H15NO3S. The predicted octanol–water partition coefficient (Wildman–Crippen LogP) is 1.58. The summed E-state index contributed by atoms with van der Waals surface area (Å²) < 4.78 is 0. The lowest BCUT2D eigenvalue weighted by Gasteiger charge is -2.32. The van der Waals surface area contributed by atoms with Gasteiger partial charge < -0.3 is 10.4 Å². The third-order valence-corrected chi connectivity index (χ3v) is 3.98.